The smallest absolute Gasteiger partial charge is 0.320 e. The van der Waals surface area contributed by atoms with Gasteiger partial charge in [0.1, 0.15) is 13.2 Å². The lowest BCUT2D eigenvalue weighted by atomic mass is 10.00. The van der Waals surface area contributed by atoms with Gasteiger partial charge in [0.2, 0.25) is 0 Å². The molecule has 3 rings (SSSR count). The van der Waals surface area contributed by atoms with E-state index in [4.69, 9.17) is 14.2 Å². The molecule has 1 unspecified atom stereocenters. The summed E-state index contributed by atoms with van der Waals surface area (Å²) in [4.78, 5) is 25.2. The molecule has 1 heterocycles. The van der Waals surface area contributed by atoms with E-state index in [0.717, 1.165) is 24.0 Å². The van der Waals surface area contributed by atoms with E-state index in [2.05, 4.69) is 0 Å². The van der Waals surface area contributed by atoms with Gasteiger partial charge in [-0.1, -0.05) is 60.7 Å². The van der Waals surface area contributed by atoms with Gasteiger partial charge in [-0.2, -0.15) is 0 Å². The van der Waals surface area contributed by atoms with Gasteiger partial charge in [-0.3, -0.25) is 9.59 Å². The number of carbonyl (C=O) groups is 2. The van der Waals surface area contributed by atoms with E-state index in [1.807, 2.05) is 60.7 Å². The molecule has 1 saturated heterocycles. The van der Waals surface area contributed by atoms with Gasteiger partial charge in [-0.05, 0) is 30.4 Å². The average molecular weight is 368 g/mol. The van der Waals surface area contributed by atoms with E-state index < -0.39 is 17.9 Å². The fourth-order valence-corrected chi connectivity index (χ4v) is 3.04. The summed E-state index contributed by atoms with van der Waals surface area (Å²) in [5.74, 6) is -2.10. The van der Waals surface area contributed by atoms with Crippen LogP contribution in [0, 0.1) is 5.92 Å². The zero-order valence-corrected chi connectivity index (χ0v) is 15.2. The summed E-state index contributed by atoms with van der Waals surface area (Å²) in [5, 5.41) is 0. The lowest BCUT2D eigenvalue weighted by Gasteiger charge is -2.18. The number of hydrogen-bond acceptors (Lipinski definition) is 5. The molecule has 0 aromatic heterocycles. The molecule has 0 spiro atoms. The average Bonchev–Trinajstić information content (AvgIpc) is 3.23. The van der Waals surface area contributed by atoms with Gasteiger partial charge < -0.3 is 14.2 Å². The molecule has 1 atom stereocenters. The van der Waals surface area contributed by atoms with Crippen LogP contribution in [0.1, 0.15) is 30.4 Å². The van der Waals surface area contributed by atoms with Gasteiger partial charge in [0, 0.05) is 6.61 Å². The lowest BCUT2D eigenvalue weighted by Crippen LogP contribution is -2.31. The summed E-state index contributed by atoms with van der Waals surface area (Å²) >= 11 is 0. The van der Waals surface area contributed by atoms with Crippen LogP contribution >= 0.6 is 0 Å². The predicted molar refractivity (Wildman–Crippen MR) is 99.6 cm³/mol. The molecule has 0 amide bonds. The molecular weight excluding hydrogens is 344 g/mol. The summed E-state index contributed by atoms with van der Waals surface area (Å²) < 4.78 is 16.4. The minimum absolute atomic E-state index is 0.108. The van der Waals surface area contributed by atoms with Crippen molar-refractivity contribution in [1.82, 2.24) is 0 Å². The molecule has 5 heteroatoms. The first-order valence-electron chi connectivity index (χ1n) is 9.25. The van der Waals surface area contributed by atoms with Crippen molar-refractivity contribution in [2.24, 2.45) is 5.92 Å². The van der Waals surface area contributed by atoms with Crippen molar-refractivity contribution in [2.45, 2.75) is 38.6 Å². The SMILES string of the molecule is O=C(OCc1ccccc1)C(CC1CCCO1)C(=O)OCc1ccccc1. The van der Waals surface area contributed by atoms with E-state index in [1.54, 1.807) is 0 Å². The van der Waals surface area contributed by atoms with Gasteiger partial charge in [0.15, 0.2) is 5.92 Å². The van der Waals surface area contributed by atoms with Crippen molar-refractivity contribution in [3.8, 4) is 0 Å². The van der Waals surface area contributed by atoms with Gasteiger partial charge in [0.25, 0.3) is 0 Å². The largest absolute Gasteiger partial charge is 0.460 e. The Bertz CT molecular complexity index is 667. The van der Waals surface area contributed by atoms with Gasteiger partial charge in [-0.25, -0.2) is 0 Å². The topological polar surface area (TPSA) is 61.8 Å². The summed E-state index contributed by atoms with van der Waals surface area (Å²) in [6.07, 6.45) is 1.97. The highest BCUT2D eigenvalue weighted by molar-refractivity contribution is 5.94. The molecule has 0 bridgehead atoms. The number of rotatable bonds is 8. The quantitative estimate of drug-likeness (QED) is 0.526. The second kappa shape index (κ2) is 9.88. The highest BCUT2D eigenvalue weighted by atomic mass is 16.6. The fraction of sp³-hybridized carbons (Fsp3) is 0.364. The first kappa shape index (κ1) is 19.1. The minimum atomic E-state index is -0.972. The second-order valence-corrected chi connectivity index (χ2v) is 6.61. The van der Waals surface area contributed by atoms with Crippen LogP contribution in [-0.2, 0) is 37.0 Å². The fourth-order valence-electron chi connectivity index (χ4n) is 3.04. The molecule has 142 valence electrons. The maximum atomic E-state index is 12.6. The highest BCUT2D eigenvalue weighted by Crippen LogP contribution is 2.22. The number of benzene rings is 2. The number of carbonyl (C=O) groups excluding carboxylic acids is 2. The Hall–Kier alpha value is -2.66. The Kier molecular flexibility index (Phi) is 6.99. The van der Waals surface area contributed by atoms with Crippen molar-refractivity contribution in [3.63, 3.8) is 0 Å². The third kappa shape index (κ3) is 5.93. The van der Waals surface area contributed by atoms with E-state index in [0.29, 0.717) is 13.0 Å². The van der Waals surface area contributed by atoms with Gasteiger partial charge in [0.05, 0.1) is 6.10 Å². The molecule has 5 nitrogen and oxygen atoms in total. The number of esters is 2. The Morgan fingerprint density at radius 2 is 1.41 bits per heavy atom. The maximum absolute atomic E-state index is 12.6. The summed E-state index contributed by atoms with van der Waals surface area (Å²) in [7, 11) is 0. The maximum Gasteiger partial charge on any atom is 0.320 e. The predicted octanol–water partition coefficient (Wildman–Crippen LogP) is 3.66. The summed E-state index contributed by atoms with van der Waals surface area (Å²) in [6, 6.07) is 18.8. The normalized spacial score (nSPS) is 16.3. The van der Waals surface area contributed by atoms with Crippen molar-refractivity contribution >= 4 is 11.9 Å². The van der Waals surface area contributed by atoms with Gasteiger partial charge >= 0.3 is 11.9 Å². The van der Waals surface area contributed by atoms with E-state index in [1.165, 1.54) is 0 Å². The first-order valence-corrected chi connectivity index (χ1v) is 9.25. The molecule has 2 aromatic carbocycles. The van der Waals surface area contributed by atoms with Gasteiger partial charge in [-0.15, -0.1) is 0 Å². The molecule has 27 heavy (non-hydrogen) atoms. The van der Waals surface area contributed by atoms with Crippen LogP contribution in [0.25, 0.3) is 0 Å². The molecular formula is C22H24O5. The van der Waals surface area contributed by atoms with E-state index >= 15 is 0 Å². The monoisotopic (exact) mass is 368 g/mol. The zero-order valence-electron chi connectivity index (χ0n) is 15.2. The van der Waals surface area contributed by atoms with Crippen molar-refractivity contribution in [2.75, 3.05) is 6.61 Å². The molecule has 0 saturated carbocycles. The molecule has 0 aliphatic carbocycles. The Morgan fingerprint density at radius 3 is 1.85 bits per heavy atom. The molecule has 1 fully saturated rings. The third-order valence-corrected chi connectivity index (χ3v) is 4.54. The van der Waals surface area contributed by atoms with Crippen LogP contribution in [0.5, 0.6) is 0 Å². The van der Waals surface area contributed by atoms with Crippen molar-refractivity contribution in [3.05, 3.63) is 71.8 Å². The third-order valence-electron chi connectivity index (χ3n) is 4.54. The minimum Gasteiger partial charge on any atom is -0.460 e. The number of ether oxygens (including phenoxy) is 3. The van der Waals surface area contributed by atoms with Crippen LogP contribution in [0.2, 0.25) is 0 Å². The molecule has 2 aromatic rings. The lowest BCUT2D eigenvalue weighted by molar-refractivity contribution is -0.165. The Morgan fingerprint density at radius 1 is 0.889 bits per heavy atom. The summed E-state index contributed by atoms with van der Waals surface area (Å²) in [5.41, 5.74) is 1.75. The van der Waals surface area contributed by atoms with Crippen molar-refractivity contribution < 1.29 is 23.8 Å². The Labute approximate surface area is 159 Å². The van der Waals surface area contributed by atoms with E-state index in [-0.39, 0.29) is 19.3 Å². The first-order chi connectivity index (χ1) is 13.2. The van der Waals surface area contributed by atoms with Crippen LogP contribution in [-0.4, -0.2) is 24.6 Å². The van der Waals surface area contributed by atoms with Crippen LogP contribution in [0.15, 0.2) is 60.7 Å². The molecule has 1 aliphatic heterocycles. The zero-order chi connectivity index (χ0) is 18.9. The standard InChI is InChI=1S/C22H24O5/c23-21(26-15-17-8-3-1-4-9-17)20(14-19-12-7-13-25-19)22(24)27-16-18-10-5-2-6-11-18/h1-6,8-11,19-20H,7,12-16H2. The van der Waals surface area contributed by atoms with Crippen LogP contribution in [0.4, 0.5) is 0 Å². The molecule has 0 radical (unpaired) electrons. The van der Waals surface area contributed by atoms with Crippen LogP contribution in [0.3, 0.4) is 0 Å². The highest BCUT2D eigenvalue weighted by Gasteiger charge is 2.34. The van der Waals surface area contributed by atoms with Crippen LogP contribution < -0.4 is 0 Å². The Balaban J connectivity index is 1.59. The van der Waals surface area contributed by atoms with Crippen molar-refractivity contribution in [1.29, 1.82) is 0 Å². The summed E-state index contributed by atoms with van der Waals surface area (Å²) in [6.45, 7) is 0.927. The molecule has 0 N–H and O–H groups in total. The molecule has 1 aliphatic rings. The second-order valence-electron chi connectivity index (χ2n) is 6.61. The van der Waals surface area contributed by atoms with E-state index in [9.17, 15) is 9.59 Å². The number of hydrogen-bond donors (Lipinski definition) is 0.